The van der Waals surface area contributed by atoms with Crippen molar-refractivity contribution < 1.29 is 14.3 Å². The van der Waals surface area contributed by atoms with Crippen LogP contribution < -0.4 is 4.90 Å². The fourth-order valence-electron chi connectivity index (χ4n) is 5.64. The van der Waals surface area contributed by atoms with Gasteiger partial charge in [0.1, 0.15) is 5.84 Å². The Morgan fingerprint density at radius 2 is 1.60 bits per heavy atom. The van der Waals surface area contributed by atoms with E-state index >= 15 is 0 Å². The third kappa shape index (κ3) is 9.82. The first kappa shape index (κ1) is 35.1. The predicted octanol–water partition coefficient (Wildman–Crippen LogP) is 4.86. The van der Waals surface area contributed by atoms with Crippen molar-refractivity contribution in [1.82, 2.24) is 14.7 Å². The van der Waals surface area contributed by atoms with E-state index in [1.165, 1.54) is 62.0 Å². The van der Waals surface area contributed by atoms with E-state index < -0.39 is 0 Å². The Morgan fingerprint density at radius 3 is 2.18 bits per heavy atom. The molecule has 1 amide bonds. The summed E-state index contributed by atoms with van der Waals surface area (Å²) in [5.41, 5.74) is 3.38. The van der Waals surface area contributed by atoms with E-state index in [2.05, 4.69) is 83.2 Å². The number of benzene rings is 2. The number of aryl methyl sites for hydroxylation is 1. The molecule has 2 saturated heterocycles. The van der Waals surface area contributed by atoms with Gasteiger partial charge in [-0.1, -0.05) is 43.5 Å². The average molecular weight is 616 g/mol. The number of nitrogens with zero attached hydrogens (tertiary/aromatic N) is 7. The van der Waals surface area contributed by atoms with Gasteiger partial charge in [-0.2, -0.15) is 10.3 Å². The molecule has 0 radical (unpaired) electrons. The van der Waals surface area contributed by atoms with E-state index in [1.807, 2.05) is 0 Å². The number of ether oxygens (including phenoxy) is 2. The Labute approximate surface area is 268 Å². The van der Waals surface area contributed by atoms with E-state index in [4.69, 9.17) is 19.7 Å². The number of anilines is 1. The summed E-state index contributed by atoms with van der Waals surface area (Å²) in [6.45, 7) is 18.8. The molecule has 0 bridgehead atoms. The second-order valence-electron chi connectivity index (χ2n) is 11.2. The molecule has 2 fully saturated rings. The maximum absolute atomic E-state index is 12.4. The molecule has 45 heavy (non-hydrogen) atoms. The summed E-state index contributed by atoms with van der Waals surface area (Å²) in [6.07, 6.45) is 3.57. The highest BCUT2D eigenvalue weighted by Crippen LogP contribution is 2.30. The van der Waals surface area contributed by atoms with E-state index in [0.29, 0.717) is 38.7 Å². The molecule has 242 valence electrons. The van der Waals surface area contributed by atoms with E-state index in [-0.39, 0.29) is 11.7 Å². The number of amidine groups is 2. The Hall–Kier alpha value is -4.36. The van der Waals surface area contributed by atoms with Crippen molar-refractivity contribution in [2.75, 3.05) is 85.1 Å². The van der Waals surface area contributed by atoms with Crippen LogP contribution in [0.2, 0.25) is 0 Å². The fourth-order valence-corrected chi connectivity index (χ4v) is 5.64. The molecule has 0 unspecified atom stereocenters. The van der Waals surface area contributed by atoms with E-state index in [9.17, 15) is 4.79 Å². The van der Waals surface area contributed by atoms with E-state index in [1.54, 1.807) is 18.1 Å². The Balaban J connectivity index is 0.000000533. The number of likely N-dealkylation sites (tertiary alicyclic amines) is 1. The third-order valence-corrected chi connectivity index (χ3v) is 8.11. The van der Waals surface area contributed by atoms with Crippen LogP contribution in [0.3, 0.4) is 0 Å². The highest BCUT2D eigenvalue weighted by atomic mass is 16.5. The standard InChI is InChI=1S/C28H35N5O3.C5H11N.C2H3N/c1-20-8-6-9-23-10-7-11-24(25(20)23)31-14-12-21(2)26(30-28(36-5)29-13-15-31)32-16-18-33(19-17-32)27(34)22(3)35-4;1-6-4-2-3-5-6;1-2-3/h6-11H,2-3,12-19H2,1,4-5H3;2-5H2,1H3;1H3/b29-28?,30-26+;;. The van der Waals surface area contributed by atoms with Crippen molar-refractivity contribution in [3.63, 3.8) is 0 Å². The molecule has 0 saturated carbocycles. The number of hydrogen-bond acceptors (Lipinski definition) is 9. The molecule has 3 aliphatic heterocycles. The summed E-state index contributed by atoms with van der Waals surface area (Å²) in [6, 6.07) is 15.0. The first-order valence-corrected chi connectivity index (χ1v) is 15.6. The van der Waals surface area contributed by atoms with Gasteiger partial charge in [0.25, 0.3) is 5.91 Å². The molecule has 0 atom stereocenters. The van der Waals surface area contributed by atoms with Gasteiger partial charge in [-0.15, -0.1) is 0 Å². The first-order valence-electron chi connectivity index (χ1n) is 15.6. The normalized spacial score (nSPS) is 18.7. The van der Waals surface area contributed by atoms with Gasteiger partial charge in [0.15, 0.2) is 5.76 Å². The summed E-state index contributed by atoms with van der Waals surface area (Å²) in [7, 11) is 5.23. The number of rotatable bonds is 3. The number of carbonyl (C=O) groups excluding carboxylic acids is 1. The minimum Gasteiger partial charge on any atom is -0.492 e. The molecule has 0 aliphatic carbocycles. The molecule has 2 aromatic carbocycles. The third-order valence-electron chi connectivity index (χ3n) is 8.11. The summed E-state index contributed by atoms with van der Waals surface area (Å²) < 4.78 is 10.5. The van der Waals surface area contributed by atoms with Crippen molar-refractivity contribution in [2.45, 2.75) is 33.1 Å². The molecular formula is C35H49N7O3. The van der Waals surface area contributed by atoms with Crippen molar-refractivity contribution in [3.8, 4) is 6.07 Å². The smallest absolute Gasteiger partial charge is 0.313 e. The lowest BCUT2D eigenvalue weighted by Gasteiger charge is -2.37. The van der Waals surface area contributed by atoms with Gasteiger partial charge in [0, 0.05) is 57.3 Å². The zero-order valence-corrected chi connectivity index (χ0v) is 27.7. The summed E-state index contributed by atoms with van der Waals surface area (Å²) in [5.74, 6) is 0.745. The van der Waals surface area contributed by atoms with Gasteiger partial charge in [-0.05, 0) is 68.9 Å². The van der Waals surface area contributed by atoms with Crippen LogP contribution in [-0.2, 0) is 14.3 Å². The second-order valence-corrected chi connectivity index (χ2v) is 11.2. The predicted molar refractivity (Wildman–Crippen MR) is 184 cm³/mol. The van der Waals surface area contributed by atoms with Crippen LogP contribution in [0.25, 0.3) is 10.8 Å². The van der Waals surface area contributed by atoms with Crippen LogP contribution >= 0.6 is 0 Å². The molecule has 0 spiro atoms. The van der Waals surface area contributed by atoms with Crippen LogP contribution in [0.5, 0.6) is 0 Å². The highest BCUT2D eigenvalue weighted by molar-refractivity contribution is 6.04. The van der Waals surface area contributed by atoms with Crippen molar-refractivity contribution in [1.29, 1.82) is 5.26 Å². The molecule has 2 aromatic rings. The van der Waals surface area contributed by atoms with Crippen molar-refractivity contribution >= 4 is 34.2 Å². The number of carbonyl (C=O) groups is 1. The lowest BCUT2D eigenvalue weighted by Crippen LogP contribution is -2.51. The number of piperazine rings is 1. The fraction of sp³-hybridized carbons (Fsp3) is 0.486. The minimum atomic E-state index is -0.177. The average Bonchev–Trinajstić information content (AvgIpc) is 3.54. The van der Waals surface area contributed by atoms with Crippen molar-refractivity contribution in [2.24, 2.45) is 9.98 Å². The number of methoxy groups -OCH3 is 2. The van der Waals surface area contributed by atoms with Crippen LogP contribution in [-0.4, -0.2) is 113 Å². The monoisotopic (exact) mass is 615 g/mol. The number of aliphatic imine (C=N–C) groups is 2. The molecule has 0 aromatic heterocycles. The zero-order valence-electron chi connectivity index (χ0n) is 27.7. The van der Waals surface area contributed by atoms with E-state index in [0.717, 1.165) is 30.9 Å². The van der Waals surface area contributed by atoms with Gasteiger partial charge in [0.05, 0.1) is 26.8 Å². The Morgan fingerprint density at radius 1 is 0.956 bits per heavy atom. The molecular weight excluding hydrogens is 566 g/mol. The quantitative estimate of drug-likeness (QED) is 0.359. The Bertz CT molecular complexity index is 1410. The van der Waals surface area contributed by atoms with Gasteiger partial charge < -0.3 is 29.1 Å². The first-order chi connectivity index (χ1) is 21.7. The summed E-state index contributed by atoms with van der Waals surface area (Å²) in [4.78, 5) is 30.5. The maximum atomic E-state index is 12.4. The lowest BCUT2D eigenvalue weighted by molar-refractivity contribution is -0.131. The minimum absolute atomic E-state index is 0.154. The molecule has 10 heteroatoms. The van der Waals surface area contributed by atoms with Crippen LogP contribution in [0, 0.1) is 18.3 Å². The van der Waals surface area contributed by atoms with Crippen molar-refractivity contribution in [3.05, 3.63) is 66.5 Å². The largest absolute Gasteiger partial charge is 0.492 e. The highest BCUT2D eigenvalue weighted by Gasteiger charge is 2.27. The summed E-state index contributed by atoms with van der Waals surface area (Å²) in [5, 5.41) is 9.82. The number of fused-ring (bicyclic) bond motifs is 1. The van der Waals surface area contributed by atoms with Gasteiger partial charge in [-0.3, -0.25) is 4.79 Å². The number of nitriles is 1. The SMILES string of the molecule is C=C(OC)C(=O)N1CCN(/C2=N/C(OC)=NCCN(c3cccc4cccc(C)c34)CCC2=C)CC1.CC#N.CN1CCCC1. The number of amides is 1. The van der Waals surface area contributed by atoms with Gasteiger partial charge in [-0.25, -0.2) is 4.99 Å². The summed E-state index contributed by atoms with van der Waals surface area (Å²) >= 11 is 0. The van der Waals surface area contributed by atoms with Gasteiger partial charge in [0.2, 0.25) is 0 Å². The topological polar surface area (TPSA) is 97.0 Å². The van der Waals surface area contributed by atoms with Crippen LogP contribution in [0.15, 0.2) is 70.9 Å². The lowest BCUT2D eigenvalue weighted by atomic mass is 10.0. The number of hydrogen-bond donors (Lipinski definition) is 0. The maximum Gasteiger partial charge on any atom is 0.313 e. The molecule has 10 nitrogen and oxygen atoms in total. The molecule has 5 rings (SSSR count). The molecule has 0 N–H and O–H groups in total. The van der Waals surface area contributed by atoms with Crippen LogP contribution in [0.4, 0.5) is 5.69 Å². The Kier molecular flexibility index (Phi) is 13.9. The van der Waals surface area contributed by atoms with Gasteiger partial charge >= 0.3 is 6.02 Å². The molecule has 3 aliphatic rings. The molecule has 3 heterocycles. The second kappa shape index (κ2) is 17.8. The van der Waals surface area contributed by atoms with Crippen LogP contribution in [0.1, 0.15) is 31.7 Å². The zero-order chi connectivity index (χ0) is 32.8.